The highest BCUT2D eigenvalue weighted by molar-refractivity contribution is 6.30. The van der Waals surface area contributed by atoms with Crippen molar-refractivity contribution in [3.63, 3.8) is 0 Å². The van der Waals surface area contributed by atoms with E-state index in [1.807, 2.05) is 5.43 Å². The quantitative estimate of drug-likeness (QED) is 0.419. The van der Waals surface area contributed by atoms with Crippen LogP contribution in [0.4, 0.5) is 5.69 Å². The number of hydrazine groups is 1. The first-order valence-electron chi connectivity index (χ1n) is 4.66. The average molecular weight is 242 g/mol. The molecule has 0 aliphatic carbocycles. The van der Waals surface area contributed by atoms with Crippen molar-refractivity contribution < 1.29 is 9.59 Å². The first kappa shape index (κ1) is 12.5. The first-order valence-corrected chi connectivity index (χ1v) is 5.04. The molecule has 1 rings (SSSR count). The summed E-state index contributed by atoms with van der Waals surface area (Å²) in [5, 5.41) is 3.23. The van der Waals surface area contributed by atoms with E-state index in [0.717, 1.165) is 0 Å². The molecule has 0 radical (unpaired) electrons. The lowest BCUT2D eigenvalue weighted by molar-refractivity contribution is -0.124. The molecule has 0 saturated heterocycles. The molecule has 0 unspecified atom stereocenters. The summed E-state index contributed by atoms with van der Waals surface area (Å²) in [4.78, 5) is 22.1. The van der Waals surface area contributed by atoms with Crippen LogP contribution in [0.5, 0.6) is 0 Å². The number of halogens is 1. The molecule has 0 bridgehead atoms. The third kappa shape index (κ3) is 4.29. The molecule has 0 atom stereocenters. The molecule has 0 saturated carbocycles. The van der Waals surface area contributed by atoms with Crippen LogP contribution in [-0.2, 0) is 9.59 Å². The average Bonchev–Trinajstić information content (AvgIpc) is 2.29. The van der Waals surface area contributed by atoms with Crippen LogP contribution in [0, 0.1) is 0 Å². The Bertz CT molecular complexity index is 378. The van der Waals surface area contributed by atoms with E-state index in [4.69, 9.17) is 17.4 Å². The topological polar surface area (TPSA) is 84.2 Å². The highest BCUT2D eigenvalue weighted by Crippen LogP contribution is 2.13. The zero-order valence-electron chi connectivity index (χ0n) is 8.50. The van der Waals surface area contributed by atoms with Crippen LogP contribution in [0.1, 0.15) is 12.8 Å². The van der Waals surface area contributed by atoms with Crippen LogP contribution in [0.2, 0.25) is 5.02 Å². The molecule has 16 heavy (non-hydrogen) atoms. The smallest absolute Gasteiger partial charge is 0.234 e. The van der Waals surface area contributed by atoms with E-state index in [2.05, 4.69) is 5.32 Å². The van der Waals surface area contributed by atoms with Gasteiger partial charge < -0.3 is 5.32 Å². The second-order valence-electron chi connectivity index (χ2n) is 3.12. The lowest BCUT2D eigenvalue weighted by atomic mass is 10.2. The van der Waals surface area contributed by atoms with E-state index < -0.39 is 0 Å². The van der Waals surface area contributed by atoms with Crippen LogP contribution in [0.3, 0.4) is 0 Å². The second kappa shape index (κ2) is 6.09. The van der Waals surface area contributed by atoms with Crippen LogP contribution < -0.4 is 16.6 Å². The maximum Gasteiger partial charge on any atom is 0.234 e. The number of amides is 2. The van der Waals surface area contributed by atoms with Crippen molar-refractivity contribution in [2.45, 2.75) is 12.8 Å². The third-order valence-electron chi connectivity index (χ3n) is 1.87. The van der Waals surface area contributed by atoms with Crippen LogP contribution in [0.15, 0.2) is 24.3 Å². The van der Waals surface area contributed by atoms with E-state index in [9.17, 15) is 9.59 Å². The van der Waals surface area contributed by atoms with Gasteiger partial charge in [0.2, 0.25) is 11.8 Å². The van der Waals surface area contributed by atoms with E-state index in [-0.39, 0.29) is 24.7 Å². The van der Waals surface area contributed by atoms with Crippen LogP contribution >= 0.6 is 11.6 Å². The maximum atomic E-state index is 11.4. The Balaban J connectivity index is 2.40. The van der Waals surface area contributed by atoms with Crippen LogP contribution in [0.25, 0.3) is 0 Å². The van der Waals surface area contributed by atoms with Gasteiger partial charge in [-0.25, -0.2) is 5.84 Å². The fourth-order valence-electron chi connectivity index (χ4n) is 1.06. The molecule has 0 fully saturated rings. The van der Waals surface area contributed by atoms with Crippen molar-refractivity contribution in [3.8, 4) is 0 Å². The number of nitrogens with one attached hydrogen (secondary N) is 2. The number of anilines is 1. The zero-order chi connectivity index (χ0) is 12.0. The van der Waals surface area contributed by atoms with Crippen LogP contribution in [-0.4, -0.2) is 11.8 Å². The molecule has 0 aromatic heterocycles. The van der Waals surface area contributed by atoms with Crippen molar-refractivity contribution in [1.82, 2.24) is 5.43 Å². The normalized spacial score (nSPS) is 9.62. The fraction of sp³-hybridized carbons (Fsp3) is 0.200. The Kier molecular flexibility index (Phi) is 4.75. The zero-order valence-corrected chi connectivity index (χ0v) is 9.25. The van der Waals surface area contributed by atoms with Gasteiger partial charge in [-0.3, -0.25) is 15.0 Å². The van der Waals surface area contributed by atoms with Gasteiger partial charge in [0.15, 0.2) is 0 Å². The summed E-state index contributed by atoms with van der Waals surface area (Å²) in [6.45, 7) is 0. The summed E-state index contributed by atoms with van der Waals surface area (Å²) in [7, 11) is 0. The number of carbonyl (C=O) groups is 2. The van der Waals surface area contributed by atoms with Gasteiger partial charge in [-0.05, 0) is 24.3 Å². The lowest BCUT2D eigenvalue weighted by Gasteiger charge is -2.04. The Morgan fingerprint density at radius 1 is 1.12 bits per heavy atom. The molecule has 5 nitrogen and oxygen atoms in total. The van der Waals surface area contributed by atoms with Crippen molar-refractivity contribution in [1.29, 1.82) is 0 Å². The summed E-state index contributed by atoms with van der Waals surface area (Å²) >= 11 is 5.69. The molecule has 0 spiro atoms. The summed E-state index contributed by atoms with van der Waals surface area (Å²) in [6.07, 6.45) is 0.154. The molecule has 2 amide bonds. The number of carbonyl (C=O) groups excluding carboxylic acids is 2. The lowest BCUT2D eigenvalue weighted by Crippen LogP contribution is -2.30. The highest BCUT2D eigenvalue weighted by Gasteiger charge is 2.05. The maximum absolute atomic E-state index is 11.4. The predicted octanol–water partition coefficient (Wildman–Crippen LogP) is 1.05. The SMILES string of the molecule is NNC(=O)CCC(=O)Nc1ccc(Cl)cc1. The monoisotopic (exact) mass is 241 g/mol. The molecular formula is C10H12ClN3O2. The Morgan fingerprint density at radius 2 is 1.69 bits per heavy atom. The third-order valence-corrected chi connectivity index (χ3v) is 2.12. The molecule has 4 N–H and O–H groups in total. The van der Waals surface area contributed by atoms with Crippen molar-refractivity contribution in [2.24, 2.45) is 5.84 Å². The van der Waals surface area contributed by atoms with E-state index in [1.54, 1.807) is 24.3 Å². The van der Waals surface area contributed by atoms with Gasteiger partial charge in [0.05, 0.1) is 0 Å². The first-order chi connectivity index (χ1) is 7.61. The Hall–Kier alpha value is -1.59. The second-order valence-corrected chi connectivity index (χ2v) is 3.56. The van der Waals surface area contributed by atoms with Gasteiger partial charge in [0.1, 0.15) is 0 Å². The summed E-state index contributed by atoms with van der Waals surface area (Å²) in [5.74, 6) is 4.27. The molecule has 1 aromatic carbocycles. The fourth-order valence-corrected chi connectivity index (χ4v) is 1.18. The number of benzene rings is 1. The summed E-state index contributed by atoms with van der Waals surface area (Å²) in [5.41, 5.74) is 2.60. The minimum absolute atomic E-state index is 0.0654. The Morgan fingerprint density at radius 3 is 2.25 bits per heavy atom. The Labute approximate surface area is 97.9 Å². The van der Waals surface area contributed by atoms with E-state index in [0.29, 0.717) is 10.7 Å². The van der Waals surface area contributed by atoms with E-state index >= 15 is 0 Å². The standard InChI is InChI=1S/C10H12ClN3O2/c11-7-1-3-8(4-2-7)13-9(15)5-6-10(16)14-12/h1-4H,5-6,12H2,(H,13,15)(H,14,16). The molecule has 86 valence electrons. The van der Waals surface area contributed by atoms with Gasteiger partial charge in [0.25, 0.3) is 0 Å². The van der Waals surface area contributed by atoms with Gasteiger partial charge in [-0.1, -0.05) is 11.6 Å². The van der Waals surface area contributed by atoms with Crippen molar-refractivity contribution >= 4 is 29.1 Å². The summed E-state index contributed by atoms with van der Waals surface area (Å²) < 4.78 is 0. The van der Waals surface area contributed by atoms with E-state index in [1.165, 1.54) is 0 Å². The van der Waals surface area contributed by atoms with Gasteiger partial charge in [0, 0.05) is 23.6 Å². The molecule has 0 heterocycles. The summed E-state index contributed by atoms with van der Waals surface area (Å²) in [6, 6.07) is 6.71. The van der Waals surface area contributed by atoms with Gasteiger partial charge >= 0.3 is 0 Å². The number of hydrogen-bond donors (Lipinski definition) is 3. The molecular weight excluding hydrogens is 230 g/mol. The molecule has 0 aliphatic heterocycles. The minimum Gasteiger partial charge on any atom is -0.326 e. The van der Waals surface area contributed by atoms with Crippen molar-refractivity contribution in [2.75, 3.05) is 5.32 Å². The highest BCUT2D eigenvalue weighted by atomic mass is 35.5. The van der Waals surface area contributed by atoms with Crippen molar-refractivity contribution in [3.05, 3.63) is 29.3 Å². The largest absolute Gasteiger partial charge is 0.326 e. The molecule has 1 aromatic rings. The van der Waals surface area contributed by atoms with Gasteiger partial charge in [-0.2, -0.15) is 0 Å². The number of nitrogens with two attached hydrogens (primary N) is 1. The molecule has 6 heteroatoms. The number of rotatable bonds is 4. The number of hydrogen-bond acceptors (Lipinski definition) is 3. The van der Waals surface area contributed by atoms with Gasteiger partial charge in [-0.15, -0.1) is 0 Å². The predicted molar refractivity (Wildman–Crippen MR) is 61.6 cm³/mol. The molecule has 0 aliphatic rings. The minimum atomic E-state index is -0.369.